The average molecular weight is 302 g/mol. The third kappa shape index (κ3) is 3.25. The van der Waals surface area contributed by atoms with Crippen LogP contribution in [-0.2, 0) is 10.3 Å². The summed E-state index contributed by atoms with van der Waals surface area (Å²) in [7, 11) is 1.56. The summed E-state index contributed by atoms with van der Waals surface area (Å²) in [6, 6.07) is 5.01. The van der Waals surface area contributed by atoms with Crippen LogP contribution in [0.2, 0.25) is 10.0 Å². The van der Waals surface area contributed by atoms with Crippen molar-refractivity contribution in [3.05, 3.63) is 34.1 Å². The van der Waals surface area contributed by atoms with Gasteiger partial charge in [-0.05, 0) is 25.1 Å². The molecule has 0 saturated carbocycles. The molecule has 0 aliphatic rings. The molecule has 1 aromatic heterocycles. The van der Waals surface area contributed by atoms with Crippen LogP contribution < -0.4 is 5.73 Å². The fourth-order valence-electron chi connectivity index (χ4n) is 1.61. The van der Waals surface area contributed by atoms with Gasteiger partial charge in [0.15, 0.2) is 5.82 Å². The lowest BCUT2D eigenvalue weighted by Gasteiger charge is -2.18. The smallest absolute Gasteiger partial charge is 0.258 e. The van der Waals surface area contributed by atoms with E-state index in [4.69, 9.17) is 38.2 Å². The second-order valence-electron chi connectivity index (χ2n) is 4.43. The second kappa shape index (κ2) is 5.46. The monoisotopic (exact) mass is 301 g/mol. The number of methoxy groups -OCH3 is 1. The van der Waals surface area contributed by atoms with Crippen molar-refractivity contribution in [1.82, 2.24) is 10.1 Å². The number of hydrogen-bond donors (Lipinski definition) is 1. The third-order valence-corrected chi connectivity index (χ3v) is 2.93. The molecular formula is C12H13Cl2N3O2. The van der Waals surface area contributed by atoms with Crippen molar-refractivity contribution in [1.29, 1.82) is 0 Å². The largest absolute Gasteiger partial charge is 0.382 e. The lowest BCUT2D eigenvalue weighted by molar-refractivity contribution is 0.135. The van der Waals surface area contributed by atoms with E-state index in [-0.39, 0.29) is 6.61 Å². The van der Waals surface area contributed by atoms with Crippen LogP contribution in [0.3, 0.4) is 0 Å². The van der Waals surface area contributed by atoms with Crippen molar-refractivity contribution in [3.8, 4) is 11.5 Å². The number of aromatic nitrogens is 2. The highest BCUT2D eigenvalue weighted by Crippen LogP contribution is 2.27. The van der Waals surface area contributed by atoms with Crippen LogP contribution in [0.15, 0.2) is 22.7 Å². The number of hydrogen-bond acceptors (Lipinski definition) is 5. The molecule has 0 fully saturated rings. The molecule has 2 aromatic rings. The summed E-state index contributed by atoms with van der Waals surface area (Å²) in [5, 5.41) is 4.86. The molecular weight excluding hydrogens is 289 g/mol. The highest BCUT2D eigenvalue weighted by atomic mass is 35.5. The van der Waals surface area contributed by atoms with Crippen LogP contribution in [0.25, 0.3) is 11.5 Å². The van der Waals surface area contributed by atoms with Crippen molar-refractivity contribution in [2.75, 3.05) is 13.7 Å². The van der Waals surface area contributed by atoms with Gasteiger partial charge in [0, 0.05) is 22.7 Å². The van der Waals surface area contributed by atoms with E-state index in [1.165, 1.54) is 0 Å². The van der Waals surface area contributed by atoms with Gasteiger partial charge in [-0.2, -0.15) is 4.98 Å². The number of ether oxygens (including phenoxy) is 1. The highest BCUT2D eigenvalue weighted by molar-refractivity contribution is 6.35. The summed E-state index contributed by atoms with van der Waals surface area (Å²) in [4.78, 5) is 4.25. The summed E-state index contributed by atoms with van der Waals surface area (Å²) in [5.74, 6) is 0.674. The summed E-state index contributed by atoms with van der Waals surface area (Å²) in [5.41, 5.74) is 5.86. The minimum absolute atomic E-state index is 0.280. The lowest BCUT2D eigenvalue weighted by atomic mass is 10.1. The molecule has 0 amide bonds. The zero-order valence-electron chi connectivity index (χ0n) is 10.5. The average Bonchev–Trinajstić information content (AvgIpc) is 2.77. The SMILES string of the molecule is COCC(C)(N)c1noc(-c2cc(Cl)cc(Cl)c2)n1. The van der Waals surface area contributed by atoms with E-state index in [9.17, 15) is 0 Å². The van der Waals surface area contributed by atoms with Gasteiger partial charge in [0.1, 0.15) is 5.54 Å². The van der Waals surface area contributed by atoms with Crippen LogP contribution in [0.5, 0.6) is 0 Å². The Labute approximate surface area is 120 Å². The highest BCUT2D eigenvalue weighted by Gasteiger charge is 2.27. The number of halogens is 2. The maximum atomic E-state index is 6.04. The van der Waals surface area contributed by atoms with Gasteiger partial charge in [0.05, 0.1) is 6.61 Å². The molecule has 1 aromatic carbocycles. The van der Waals surface area contributed by atoms with Gasteiger partial charge >= 0.3 is 0 Å². The van der Waals surface area contributed by atoms with Crippen LogP contribution >= 0.6 is 23.2 Å². The molecule has 5 nitrogen and oxygen atoms in total. The molecule has 0 radical (unpaired) electrons. The van der Waals surface area contributed by atoms with Crippen LogP contribution in [0, 0.1) is 0 Å². The van der Waals surface area contributed by atoms with Crippen molar-refractivity contribution < 1.29 is 9.26 Å². The van der Waals surface area contributed by atoms with E-state index in [2.05, 4.69) is 10.1 Å². The molecule has 0 bridgehead atoms. The minimum atomic E-state index is -0.821. The van der Waals surface area contributed by atoms with E-state index in [0.29, 0.717) is 27.3 Å². The first-order valence-corrected chi connectivity index (χ1v) is 6.26. The zero-order chi connectivity index (χ0) is 14.0. The number of rotatable bonds is 4. The second-order valence-corrected chi connectivity index (χ2v) is 5.30. The van der Waals surface area contributed by atoms with Crippen molar-refractivity contribution in [3.63, 3.8) is 0 Å². The van der Waals surface area contributed by atoms with Gasteiger partial charge in [-0.15, -0.1) is 0 Å². The topological polar surface area (TPSA) is 74.2 Å². The fraction of sp³-hybridized carbons (Fsp3) is 0.333. The fourth-order valence-corrected chi connectivity index (χ4v) is 2.14. The maximum Gasteiger partial charge on any atom is 0.258 e. The van der Waals surface area contributed by atoms with Gasteiger partial charge in [-0.1, -0.05) is 28.4 Å². The lowest BCUT2D eigenvalue weighted by Crippen LogP contribution is -2.38. The minimum Gasteiger partial charge on any atom is -0.382 e. The molecule has 2 rings (SSSR count). The molecule has 0 aliphatic heterocycles. The summed E-state index contributed by atoms with van der Waals surface area (Å²) >= 11 is 11.9. The molecule has 1 heterocycles. The Morgan fingerprint density at radius 3 is 2.53 bits per heavy atom. The van der Waals surface area contributed by atoms with E-state index in [1.54, 1.807) is 32.2 Å². The predicted octanol–water partition coefficient (Wildman–Crippen LogP) is 2.86. The van der Waals surface area contributed by atoms with E-state index >= 15 is 0 Å². The number of nitrogens with zero attached hydrogens (tertiary/aromatic N) is 2. The predicted molar refractivity (Wildman–Crippen MR) is 73.2 cm³/mol. The van der Waals surface area contributed by atoms with E-state index in [1.807, 2.05) is 0 Å². The molecule has 0 saturated heterocycles. The van der Waals surface area contributed by atoms with Crippen LogP contribution in [0.4, 0.5) is 0 Å². The molecule has 2 N–H and O–H groups in total. The molecule has 7 heteroatoms. The third-order valence-electron chi connectivity index (χ3n) is 2.49. The Bertz CT molecular complexity index is 564. The summed E-state index contributed by atoms with van der Waals surface area (Å²) < 4.78 is 10.2. The molecule has 19 heavy (non-hydrogen) atoms. The molecule has 1 atom stereocenters. The van der Waals surface area contributed by atoms with Gasteiger partial charge in [-0.25, -0.2) is 0 Å². The van der Waals surface area contributed by atoms with E-state index in [0.717, 1.165) is 0 Å². The first-order chi connectivity index (χ1) is 8.92. The number of nitrogens with two attached hydrogens (primary N) is 1. The zero-order valence-corrected chi connectivity index (χ0v) is 12.0. The van der Waals surface area contributed by atoms with Gasteiger partial charge in [0.2, 0.25) is 0 Å². The van der Waals surface area contributed by atoms with E-state index < -0.39 is 5.54 Å². The normalized spacial score (nSPS) is 14.4. The van der Waals surface area contributed by atoms with Gasteiger partial charge < -0.3 is 15.0 Å². The van der Waals surface area contributed by atoms with Crippen molar-refractivity contribution >= 4 is 23.2 Å². The maximum absolute atomic E-state index is 6.04. The first kappa shape index (κ1) is 14.3. The quantitative estimate of drug-likeness (QED) is 0.940. The van der Waals surface area contributed by atoms with Crippen molar-refractivity contribution in [2.45, 2.75) is 12.5 Å². The molecule has 1 unspecified atom stereocenters. The van der Waals surface area contributed by atoms with Gasteiger partial charge in [0.25, 0.3) is 5.89 Å². The Balaban J connectivity index is 2.35. The van der Waals surface area contributed by atoms with Crippen molar-refractivity contribution in [2.24, 2.45) is 5.73 Å². The molecule has 0 spiro atoms. The first-order valence-electron chi connectivity index (χ1n) is 5.51. The Hall–Kier alpha value is -1.14. The van der Waals surface area contributed by atoms with Crippen LogP contribution in [0.1, 0.15) is 12.7 Å². The Morgan fingerprint density at radius 2 is 1.95 bits per heavy atom. The molecule has 0 aliphatic carbocycles. The van der Waals surface area contributed by atoms with Gasteiger partial charge in [-0.3, -0.25) is 0 Å². The molecule has 102 valence electrons. The Kier molecular flexibility index (Phi) is 4.10. The summed E-state index contributed by atoms with van der Waals surface area (Å²) in [6.07, 6.45) is 0. The number of benzene rings is 1. The van der Waals surface area contributed by atoms with Crippen LogP contribution in [-0.4, -0.2) is 23.9 Å². The Morgan fingerprint density at radius 1 is 1.32 bits per heavy atom. The standard InChI is InChI=1S/C12H13Cl2N3O2/c1-12(15,6-18-2)11-16-10(19-17-11)7-3-8(13)5-9(14)4-7/h3-5H,6,15H2,1-2H3. The summed E-state index contributed by atoms with van der Waals surface area (Å²) in [6.45, 7) is 2.04.